The zero-order valence-electron chi connectivity index (χ0n) is 12.6. The molecule has 0 saturated heterocycles. The predicted molar refractivity (Wildman–Crippen MR) is 83.3 cm³/mol. The van der Waals surface area contributed by atoms with Gasteiger partial charge in [-0.1, -0.05) is 6.07 Å². The van der Waals surface area contributed by atoms with Crippen LogP contribution < -0.4 is 15.4 Å². The number of nitrogens with two attached hydrogens (primary N) is 1. The number of hydrogen-bond donors (Lipinski definition) is 1. The lowest BCUT2D eigenvalue weighted by Gasteiger charge is -2.26. The lowest BCUT2D eigenvalue weighted by molar-refractivity contribution is -0.122. The lowest BCUT2D eigenvalue weighted by Crippen LogP contribution is -2.37. The molecule has 21 heavy (non-hydrogen) atoms. The summed E-state index contributed by atoms with van der Waals surface area (Å²) in [6.45, 7) is 1.29. The molecule has 1 aromatic carbocycles. The first kappa shape index (κ1) is 14.4. The van der Waals surface area contributed by atoms with Crippen LogP contribution in [0.4, 0.5) is 5.69 Å². The van der Waals surface area contributed by atoms with Crippen LogP contribution in [0.5, 0.6) is 5.75 Å². The third kappa shape index (κ3) is 3.05. The molecule has 2 N–H and O–H groups in total. The molecule has 3 rings (SSSR count). The molecule has 2 aliphatic carbocycles. The van der Waals surface area contributed by atoms with Gasteiger partial charge in [0.05, 0.1) is 7.11 Å². The number of benzene rings is 1. The van der Waals surface area contributed by atoms with Gasteiger partial charge >= 0.3 is 0 Å². The summed E-state index contributed by atoms with van der Waals surface area (Å²) in [6.07, 6.45) is 4.31. The van der Waals surface area contributed by atoms with Crippen LogP contribution in [0, 0.1) is 17.8 Å². The van der Waals surface area contributed by atoms with E-state index in [1.807, 2.05) is 29.2 Å². The van der Waals surface area contributed by atoms with Crippen molar-refractivity contribution >= 4 is 11.6 Å². The van der Waals surface area contributed by atoms with E-state index in [4.69, 9.17) is 10.5 Å². The van der Waals surface area contributed by atoms with Crippen molar-refractivity contribution < 1.29 is 9.53 Å². The summed E-state index contributed by atoms with van der Waals surface area (Å²) in [5, 5.41) is 0. The highest BCUT2D eigenvalue weighted by Gasteiger charge is 2.48. The molecule has 0 aliphatic heterocycles. The second kappa shape index (κ2) is 6.06. The normalized spacial score (nSPS) is 26.3. The fraction of sp³-hybridized carbons (Fsp3) is 0.588. The van der Waals surface area contributed by atoms with Crippen molar-refractivity contribution in [1.29, 1.82) is 0 Å². The molecule has 0 heterocycles. The lowest BCUT2D eigenvalue weighted by atomic mass is 10.0. The number of carbonyl (C=O) groups excluding carboxylic acids is 1. The van der Waals surface area contributed by atoms with E-state index < -0.39 is 0 Å². The van der Waals surface area contributed by atoms with Crippen molar-refractivity contribution in [1.82, 2.24) is 0 Å². The maximum atomic E-state index is 12.9. The molecule has 2 saturated carbocycles. The van der Waals surface area contributed by atoms with Crippen LogP contribution in [-0.4, -0.2) is 26.1 Å². The van der Waals surface area contributed by atoms with Gasteiger partial charge in [0.1, 0.15) is 5.75 Å². The van der Waals surface area contributed by atoms with E-state index in [-0.39, 0.29) is 11.8 Å². The third-order valence-electron chi connectivity index (χ3n) is 4.81. The van der Waals surface area contributed by atoms with Gasteiger partial charge in [0.25, 0.3) is 0 Å². The zero-order chi connectivity index (χ0) is 14.8. The first-order chi connectivity index (χ1) is 10.2. The minimum atomic E-state index is 0.206. The van der Waals surface area contributed by atoms with Gasteiger partial charge in [-0.25, -0.2) is 0 Å². The number of anilines is 1. The van der Waals surface area contributed by atoms with Crippen LogP contribution in [0.2, 0.25) is 0 Å². The molecule has 4 heteroatoms. The molecule has 4 nitrogen and oxygen atoms in total. The Labute approximate surface area is 126 Å². The van der Waals surface area contributed by atoms with E-state index in [0.717, 1.165) is 42.5 Å². The average molecular weight is 288 g/mol. The first-order valence-corrected chi connectivity index (χ1v) is 7.88. The van der Waals surface area contributed by atoms with Crippen LogP contribution in [-0.2, 0) is 4.79 Å². The topological polar surface area (TPSA) is 55.6 Å². The van der Waals surface area contributed by atoms with E-state index in [1.54, 1.807) is 7.11 Å². The number of rotatable bonds is 6. The Morgan fingerprint density at radius 1 is 1.33 bits per heavy atom. The van der Waals surface area contributed by atoms with Crippen molar-refractivity contribution in [2.24, 2.45) is 23.5 Å². The highest BCUT2D eigenvalue weighted by atomic mass is 16.5. The van der Waals surface area contributed by atoms with Gasteiger partial charge in [-0.15, -0.1) is 0 Å². The molecule has 0 radical (unpaired) electrons. The zero-order valence-corrected chi connectivity index (χ0v) is 12.6. The second-order valence-electron chi connectivity index (χ2n) is 6.26. The molecular weight excluding hydrogens is 264 g/mol. The average Bonchev–Trinajstić information content (AvgIpc) is 3.13. The van der Waals surface area contributed by atoms with Gasteiger partial charge < -0.3 is 15.4 Å². The Hall–Kier alpha value is -1.55. The Kier molecular flexibility index (Phi) is 4.15. The quantitative estimate of drug-likeness (QED) is 0.874. The van der Waals surface area contributed by atoms with Crippen molar-refractivity contribution in [2.45, 2.75) is 25.7 Å². The molecular formula is C17H24N2O2. The third-order valence-corrected chi connectivity index (χ3v) is 4.81. The fourth-order valence-corrected chi connectivity index (χ4v) is 3.53. The molecule has 1 aromatic rings. The number of nitrogens with zero attached hydrogens (tertiary/aromatic N) is 1. The van der Waals surface area contributed by atoms with Crippen LogP contribution in [0.25, 0.3) is 0 Å². The van der Waals surface area contributed by atoms with Gasteiger partial charge in [-0.05, 0) is 56.2 Å². The van der Waals surface area contributed by atoms with Crippen molar-refractivity contribution in [3.05, 3.63) is 24.3 Å². The van der Waals surface area contributed by atoms with Crippen LogP contribution in [0.1, 0.15) is 25.7 Å². The Bertz CT molecular complexity index is 507. The van der Waals surface area contributed by atoms with E-state index in [2.05, 4.69) is 0 Å². The van der Waals surface area contributed by atoms with E-state index >= 15 is 0 Å². The highest BCUT2D eigenvalue weighted by molar-refractivity contribution is 5.95. The molecule has 114 valence electrons. The van der Waals surface area contributed by atoms with Gasteiger partial charge in [0.2, 0.25) is 5.91 Å². The summed E-state index contributed by atoms with van der Waals surface area (Å²) < 4.78 is 5.28. The van der Waals surface area contributed by atoms with E-state index in [1.165, 1.54) is 6.42 Å². The number of methoxy groups -OCH3 is 1. The fourth-order valence-electron chi connectivity index (χ4n) is 3.53. The van der Waals surface area contributed by atoms with Gasteiger partial charge in [0, 0.05) is 24.2 Å². The van der Waals surface area contributed by atoms with Crippen LogP contribution in [0.3, 0.4) is 0 Å². The summed E-state index contributed by atoms with van der Waals surface area (Å²) in [4.78, 5) is 14.8. The highest BCUT2D eigenvalue weighted by Crippen LogP contribution is 2.54. The predicted octanol–water partition coefficient (Wildman–Crippen LogP) is 2.42. The Morgan fingerprint density at radius 3 is 2.76 bits per heavy atom. The number of amides is 1. The van der Waals surface area contributed by atoms with Crippen LogP contribution >= 0.6 is 0 Å². The minimum absolute atomic E-state index is 0.206. The van der Waals surface area contributed by atoms with Crippen LogP contribution in [0.15, 0.2) is 24.3 Å². The molecule has 0 aromatic heterocycles. The summed E-state index contributed by atoms with van der Waals surface area (Å²) >= 11 is 0. The first-order valence-electron chi connectivity index (χ1n) is 7.88. The largest absolute Gasteiger partial charge is 0.497 e. The Morgan fingerprint density at radius 2 is 2.10 bits per heavy atom. The van der Waals surface area contributed by atoms with Gasteiger partial charge in [-0.3, -0.25) is 4.79 Å². The molecule has 2 atom stereocenters. The molecule has 2 aliphatic rings. The second-order valence-corrected chi connectivity index (χ2v) is 6.26. The number of ether oxygens (including phenoxy) is 1. The summed E-state index contributed by atoms with van der Waals surface area (Å²) in [5.74, 6) is 2.90. The monoisotopic (exact) mass is 288 g/mol. The molecule has 0 spiro atoms. The smallest absolute Gasteiger partial charge is 0.230 e. The molecule has 2 unspecified atom stereocenters. The number of carbonyl (C=O) groups is 1. The maximum Gasteiger partial charge on any atom is 0.230 e. The van der Waals surface area contributed by atoms with Gasteiger partial charge in [-0.2, -0.15) is 0 Å². The summed E-state index contributed by atoms with van der Waals surface area (Å²) in [7, 11) is 1.65. The van der Waals surface area contributed by atoms with Crippen molar-refractivity contribution in [2.75, 3.05) is 25.1 Å². The SMILES string of the molecule is COc1cccc(N(CCCN)C(=O)C2CC3CC3C2)c1. The van der Waals surface area contributed by atoms with Crippen molar-refractivity contribution in [3.8, 4) is 5.75 Å². The number of fused-ring (bicyclic) bond motifs is 1. The maximum absolute atomic E-state index is 12.9. The molecule has 2 fully saturated rings. The molecule has 1 amide bonds. The minimum Gasteiger partial charge on any atom is -0.497 e. The molecule has 0 bridgehead atoms. The summed E-state index contributed by atoms with van der Waals surface area (Å²) in [6, 6.07) is 7.75. The summed E-state index contributed by atoms with van der Waals surface area (Å²) in [5.41, 5.74) is 6.56. The van der Waals surface area contributed by atoms with E-state index in [0.29, 0.717) is 13.1 Å². The number of hydrogen-bond acceptors (Lipinski definition) is 3. The van der Waals surface area contributed by atoms with Gasteiger partial charge in [0.15, 0.2) is 0 Å². The van der Waals surface area contributed by atoms with Crippen molar-refractivity contribution in [3.63, 3.8) is 0 Å². The van der Waals surface area contributed by atoms with E-state index in [9.17, 15) is 4.79 Å². The Balaban J connectivity index is 1.77. The standard InChI is InChI=1S/C17H24N2O2/c1-21-16-5-2-4-15(11-16)19(7-3-6-18)17(20)14-9-12-8-13(12)10-14/h2,4-5,11-14H,3,6-10,18H2,1H3.